The first-order valence-electron chi connectivity index (χ1n) is 13.9. The molecule has 0 saturated carbocycles. The van der Waals surface area contributed by atoms with Crippen LogP contribution in [0.4, 0.5) is 5.69 Å². The van der Waals surface area contributed by atoms with E-state index in [1.54, 1.807) is 0 Å². The highest BCUT2D eigenvalue weighted by Gasteiger charge is 2.07. The Labute approximate surface area is 214 Å². The third-order valence-electron chi connectivity index (χ3n) is 6.92. The first-order chi connectivity index (χ1) is 16.4. The van der Waals surface area contributed by atoms with Crippen LogP contribution in [0.2, 0.25) is 0 Å². The number of pyridine rings is 1. The molecule has 1 aromatic heterocycles. The van der Waals surface area contributed by atoms with Gasteiger partial charge in [0, 0.05) is 17.3 Å². The topological polar surface area (TPSA) is 24.9 Å². The second-order valence-corrected chi connectivity index (χ2v) is 9.75. The summed E-state index contributed by atoms with van der Waals surface area (Å²) in [4.78, 5) is 4.83. The van der Waals surface area contributed by atoms with Gasteiger partial charge in [0.05, 0.1) is 16.7 Å². The van der Waals surface area contributed by atoms with Crippen LogP contribution in [0.1, 0.15) is 110 Å². The zero-order chi connectivity index (χ0) is 23.0. The smallest absolute Gasteiger partial charge is 0.0730 e. The molecule has 0 fully saturated rings. The molecule has 0 spiro atoms. The third-order valence-corrected chi connectivity index (χ3v) is 6.92. The van der Waals surface area contributed by atoms with Crippen LogP contribution >= 0.6 is 12.4 Å². The summed E-state index contributed by atoms with van der Waals surface area (Å²) in [5, 5.41) is 6.20. The summed E-state index contributed by atoms with van der Waals surface area (Å²) in [6, 6.07) is 17.0. The minimum absolute atomic E-state index is 0. The van der Waals surface area contributed by atoms with Crippen molar-refractivity contribution in [3.05, 3.63) is 48.5 Å². The molecule has 0 saturated heterocycles. The van der Waals surface area contributed by atoms with Crippen molar-refractivity contribution >= 4 is 39.9 Å². The van der Waals surface area contributed by atoms with E-state index >= 15 is 0 Å². The van der Waals surface area contributed by atoms with Gasteiger partial charge in [-0.2, -0.15) is 0 Å². The molecule has 1 N–H and O–H groups in total. The summed E-state index contributed by atoms with van der Waals surface area (Å²) < 4.78 is 0. The van der Waals surface area contributed by atoms with Gasteiger partial charge in [0.15, 0.2) is 0 Å². The summed E-state index contributed by atoms with van der Waals surface area (Å²) >= 11 is 0. The van der Waals surface area contributed by atoms with Gasteiger partial charge < -0.3 is 5.32 Å². The van der Waals surface area contributed by atoms with Gasteiger partial charge in [-0.1, -0.05) is 140 Å². The molecule has 0 unspecified atom stereocenters. The van der Waals surface area contributed by atoms with E-state index in [0.29, 0.717) is 0 Å². The van der Waals surface area contributed by atoms with Gasteiger partial charge in [0.2, 0.25) is 0 Å². The molecule has 0 atom stereocenters. The van der Waals surface area contributed by atoms with Crippen molar-refractivity contribution in [3.63, 3.8) is 0 Å². The van der Waals surface area contributed by atoms with E-state index in [0.717, 1.165) is 17.6 Å². The lowest BCUT2D eigenvalue weighted by Crippen LogP contribution is -2.03. The highest BCUT2D eigenvalue weighted by molar-refractivity contribution is 6.07. The maximum atomic E-state index is 4.83. The number of nitrogens with one attached hydrogen (secondary N) is 1. The van der Waals surface area contributed by atoms with E-state index in [9.17, 15) is 0 Å². The minimum atomic E-state index is 0. The van der Waals surface area contributed by atoms with Crippen molar-refractivity contribution in [2.45, 2.75) is 110 Å². The average molecular weight is 483 g/mol. The molecule has 188 valence electrons. The Kier molecular flexibility index (Phi) is 14.7. The van der Waals surface area contributed by atoms with Crippen LogP contribution in [0.25, 0.3) is 21.8 Å². The molecular formula is C31H47ClN2. The van der Waals surface area contributed by atoms with Crippen molar-refractivity contribution in [2.24, 2.45) is 0 Å². The molecule has 0 aliphatic rings. The summed E-state index contributed by atoms with van der Waals surface area (Å²) in [6.45, 7) is 3.33. The van der Waals surface area contributed by atoms with Crippen LogP contribution in [0.5, 0.6) is 0 Å². The van der Waals surface area contributed by atoms with Gasteiger partial charge >= 0.3 is 0 Å². The number of hydrogen-bond donors (Lipinski definition) is 1. The molecule has 1 heterocycles. The van der Waals surface area contributed by atoms with Crippen LogP contribution in [0.3, 0.4) is 0 Å². The Morgan fingerprint density at radius 3 is 1.35 bits per heavy atom. The fourth-order valence-corrected chi connectivity index (χ4v) is 4.92. The minimum Gasteiger partial charge on any atom is -0.384 e. The van der Waals surface area contributed by atoms with Gasteiger partial charge in [0.25, 0.3) is 0 Å². The standard InChI is InChI=1S/C31H46N2.ClH/c1-2-3-4-5-6-7-8-9-10-11-12-13-14-15-16-21-26-32-31-27-22-17-19-24-29(27)33-30-25-20-18-23-28(30)31;/h17-20,22-25H,2-16,21,26H2,1H3,(H,32,33);1H. The second-order valence-electron chi connectivity index (χ2n) is 9.75. The molecule has 2 nitrogen and oxygen atoms in total. The lowest BCUT2D eigenvalue weighted by molar-refractivity contribution is 0.530. The Bertz CT molecular complexity index is 870. The number of halogens is 1. The fourth-order valence-electron chi connectivity index (χ4n) is 4.92. The van der Waals surface area contributed by atoms with E-state index in [1.807, 2.05) is 0 Å². The lowest BCUT2D eigenvalue weighted by Gasteiger charge is -2.13. The van der Waals surface area contributed by atoms with E-state index in [4.69, 9.17) is 4.98 Å². The third kappa shape index (κ3) is 9.82. The SMILES string of the molecule is CCCCCCCCCCCCCCCCCCNc1c2ccccc2nc2ccccc12.Cl. The molecule has 0 radical (unpaired) electrons. The van der Waals surface area contributed by atoms with Crippen molar-refractivity contribution in [3.8, 4) is 0 Å². The summed E-state index contributed by atoms with van der Waals surface area (Å²) in [6.07, 6.45) is 22.6. The number of fused-ring (bicyclic) bond motifs is 2. The maximum absolute atomic E-state index is 4.83. The first-order valence-corrected chi connectivity index (χ1v) is 13.9. The Morgan fingerprint density at radius 1 is 0.529 bits per heavy atom. The number of unbranched alkanes of at least 4 members (excludes halogenated alkanes) is 15. The van der Waals surface area contributed by atoms with Crippen LogP contribution in [-0.2, 0) is 0 Å². The first kappa shape index (κ1) is 28.4. The van der Waals surface area contributed by atoms with Gasteiger partial charge in [-0.15, -0.1) is 12.4 Å². The van der Waals surface area contributed by atoms with E-state index in [2.05, 4.69) is 60.8 Å². The van der Waals surface area contributed by atoms with Gasteiger partial charge in [-0.3, -0.25) is 0 Å². The fraction of sp³-hybridized carbons (Fsp3) is 0.581. The average Bonchev–Trinajstić information content (AvgIpc) is 2.85. The summed E-state index contributed by atoms with van der Waals surface area (Å²) in [5.41, 5.74) is 3.40. The monoisotopic (exact) mass is 482 g/mol. The Morgan fingerprint density at radius 2 is 0.912 bits per heavy atom. The quantitative estimate of drug-likeness (QED) is 0.144. The number of hydrogen-bond acceptors (Lipinski definition) is 2. The van der Waals surface area contributed by atoms with Crippen LogP contribution < -0.4 is 5.32 Å². The van der Waals surface area contributed by atoms with Crippen molar-refractivity contribution in [2.75, 3.05) is 11.9 Å². The summed E-state index contributed by atoms with van der Waals surface area (Å²) in [5.74, 6) is 0. The van der Waals surface area contributed by atoms with Crippen molar-refractivity contribution in [1.82, 2.24) is 4.98 Å². The number of para-hydroxylation sites is 2. The van der Waals surface area contributed by atoms with Crippen LogP contribution in [0.15, 0.2) is 48.5 Å². The van der Waals surface area contributed by atoms with Gasteiger partial charge in [-0.25, -0.2) is 4.98 Å². The number of benzene rings is 2. The molecule has 0 amide bonds. The molecule has 0 aliphatic heterocycles. The zero-order valence-electron chi connectivity index (χ0n) is 21.5. The molecule has 2 aromatic carbocycles. The highest BCUT2D eigenvalue weighted by Crippen LogP contribution is 2.30. The van der Waals surface area contributed by atoms with E-state index in [1.165, 1.54) is 119 Å². The molecule has 3 rings (SSSR count). The molecule has 3 heteroatoms. The number of aromatic nitrogens is 1. The van der Waals surface area contributed by atoms with Crippen molar-refractivity contribution < 1.29 is 0 Å². The molecule has 0 bridgehead atoms. The molecule has 34 heavy (non-hydrogen) atoms. The lowest BCUT2D eigenvalue weighted by atomic mass is 10.0. The predicted molar refractivity (Wildman–Crippen MR) is 155 cm³/mol. The Hall–Kier alpha value is -1.80. The molecular weight excluding hydrogens is 436 g/mol. The van der Waals surface area contributed by atoms with Crippen LogP contribution in [0, 0.1) is 0 Å². The van der Waals surface area contributed by atoms with Gasteiger partial charge in [0.1, 0.15) is 0 Å². The normalized spacial score (nSPS) is 11.1. The zero-order valence-corrected chi connectivity index (χ0v) is 22.3. The predicted octanol–water partition coefficient (Wildman–Crippen LogP) is 10.5. The molecule has 3 aromatic rings. The van der Waals surface area contributed by atoms with Crippen LogP contribution in [-0.4, -0.2) is 11.5 Å². The maximum Gasteiger partial charge on any atom is 0.0730 e. The largest absolute Gasteiger partial charge is 0.384 e. The second kappa shape index (κ2) is 17.6. The number of rotatable bonds is 18. The van der Waals surface area contributed by atoms with E-state index in [-0.39, 0.29) is 12.4 Å². The van der Waals surface area contributed by atoms with Gasteiger partial charge in [-0.05, 0) is 18.6 Å². The number of anilines is 1. The highest BCUT2D eigenvalue weighted by atomic mass is 35.5. The summed E-state index contributed by atoms with van der Waals surface area (Å²) in [7, 11) is 0. The Balaban J connectivity index is 0.00000408. The molecule has 0 aliphatic carbocycles. The van der Waals surface area contributed by atoms with Crippen molar-refractivity contribution in [1.29, 1.82) is 0 Å². The van der Waals surface area contributed by atoms with E-state index < -0.39 is 0 Å². The number of nitrogens with zero attached hydrogens (tertiary/aromatic N) is 1.